The molecular formula is C9H8N4O5S. The molecule has 0 fully saturated rings. The Labute approximate surface area is 109 Å². The number of non-ortho nitro benzene ring substituents is 1. The average molecular weight is 284 g/mol. The Hall–Kier alpha value is -2.49. The maximum atomic E-state index is 11.1. The van der Waals surface area contributed by atoms with Crippen molar-refractivity contribution in [1.29, 1.82) is 0 Å². The Kier molecular flexibility index (Phi) is 3.42. The van der Waals surface area contributed by atoms with Crippen LogP contribution in [-0.4, -0.2) is 33.1 Å². The van der Waals surface area contributed by atoms with Crippen molar-refractivity contribution in [3.05, 3.63) is 28.3 Å². The Balaban J connectivity index is 2.26. The van der Waals surface area contributed by atoms with Gasteiger partial charge in [0, 0.05) is 6.07 Å². The smallest absolute Gasteiger partial charge is 0.273 e. The molecule has 0 spiro atoms. The van der Waals surface area contributed by atoms with Gasteiger partial charge in [0.1, 0.15) is 5.75 Å². The molecule has 0 radical (unpaired) electrons. The molecule has 1 heterocycles. The summed E-state index contributed by atoms with van der Waals surface area (Å²) in [5.74, 6) is -0.244. The minimum absolute atomic E-state index is 0.0242. The number of benzene rings is 1. The van der Waals surface area contributed by atoms with Crippen molar-refractivity contribution in [2.45, 2.75) is 0 Å². The van der Waals surface area contributed by atoms with Gasteiger partial charge in [-0.3, -0.25) is 10.1 Å². The molecule has 0 saturated heterocycles. The summed E-state index contributed by atoms with van der Waals surface area (Å²) in [6.45, 7) is 0. The van der Waals surface area contributed by atoms with Gasteiger partial charge in [0.05, 0.1) is 23.8 Å². The molecule has 1 atom stereocenters. The van der Waals surface area contributed by atoms with Crippen LogP contribution in [0, 0.1) is 10.1 Å². The molecule has 0 bridgehead atoms. The van der Waals surface area contributed by atoms with E-state index in [-0.39, 0.29) is 28.9 Å². The van der Waals surface area contributed by atoms with Crippen LogP contribution in [0.15, 0.2) is 27.0 Å². The highest BCUT2D eigenvalue weighted by molar-refractivity contribution is 7.83. The lowest BCUT2D eigenvalue weighted by molar-refractivity contribution is -0.384. The number of rotatable bonds is 2. The molecule has 9 nitrogen and oxygen atoms in total. The summed E-state index contributed by atoms with van der Waals surface area (Å²) < 4.78 is 23.2. The van der Waals surface area contributed by atoms with E-state index in [4.69, 9.17) is 4.74 Å². The fourth-order valence-corrected chi connectivity index (χ4v) is 1.95. The topological polar surface area (TPSA) is 126 Å². The molecule has 0 saturated carbocycles. The summed E-state index contributed by atoms with van der Waals surface area (Å²) in [4.78, 5) is 9.89. The van der Waals surface area contributed by atoms with Gasteiger partial charge in [-0.15, -0.1) is 8.80 Å². The lowest BCUT2D eigenvalue weighted by Gasteiger charge is -2.08. The summed E-state index contributed by atoms with van der Waals surface area (Å²) in [7, 11) is 1.33. The minimum Gasteiger partial charge on any atom is -0.506 e. The zero-order valence-corrected chi connectivity index (χ0v) is 10.4. The van der Waals surface area contributed by atoms with Crippen molar-refractivity contribution in [2.75, 3.05) is 12.4 Å². The Bertz CT molecular complexity index is 627. The van der Waals surface area contributed by atoms with Gasteiger partial charge in [0.15, 0.2) is 0 Å². The second-order valence-corrected chi connectivity index (χ2v) is 4.18. The number of ether oxygens (including phenoxy) is 1. The number of hydrogen-bond donors (Lipinski definition) is 2. The molecule has 0 aromatic heterocycles. The number of hydrogen-bond acceptors (Lipinski definition) is 6. The van der Waals surface area contributed by atoms with E-state index >= 15 is 0 Å². The highest BCUT2D eigenvalue weighted by Gasteiger charge is 2.21. The summed E-state index contributed by atoms with van der Waals surface area (Å²) in [6.07, 6.45) is 0. The first kappa shape index (κ1) is 13.0. The van der Waals surface area contributed by atoms with Crippen molar-refractivity contribution in [2.24, 2.45) is 8.80 Å². The van der Waals surface area contributed by atoms with Crippen LogP contribution < -0.4 is 5.32 Å². The van der Waals surface area contributed by atoms with Crippen LogP contribution in [0.4, 0.5) is 11.4 Å². The lowest BCUT2D eigenvalue weighted by Crippen LogP contribution is -2.22. The Morgan fingerprint density at radius 1 is 1.47 bits per heavy atom. The van der Waals surface area contributed by atoms with E-state index in [1.807, 2.05) is 0 Å². The largest absolute Gasteiger partial charge is 0.506 e. The third-order valence-electron chi connectivity index (χ3n) is 2.17. The summed E-state index contributed by atoms with van der Waals surface area (Å²) in [6, 6.07) is 3.49. The SMILES string of the molecule is COC1=NS(=O)N=C1Nc1ccc([N+](=O)[O-])cc1O. The van der Waals surface area contributed by atoms with Gasteiger partial charge in [-0.2, -0.15) is 0 Å². The van der Waals surface area contributed by atoms with Crippen LogP contribution in [0.25, 0.3) is 0 Å². The molecule has 19 heavy (non-hydrogen) atoms. The third kappa shape index (κ3) is 2.68. The standard InChI is InChI=1S/C9H8N4O5S/c1-18-9-8(11-19(17)12-9)10-6-3-2-5(13(15)16)4-7(6)14/h2-4,14H,1H3,(H,10,11). The van der Waals surface area contributed by atoms with Crippen molar-refractivity contribution >= 4 is 34.3 Å². The molecule has 1 unspecified atom stereocenters. The Morgan fingerprint density at radius 3 is 2.79 bits per heavy atom. The second-order valence-electron chi connectivity index (χ2n) is 3.35. The first-order chi connectivity index (χ1) is 9.01. The molecule has 1 aliphatic rings. The number of nitrogens with one attached hydrogen (secondary N) is 1. The van der Waals surface area contributed by atoms with Gasteiger partial charge in [0.25, 0.3) is 22.8 Å². The van der Waals surface area contributed by atoms with Crippen LogP contribution in [-0.2, 0) is 15.9 Å². The van der Waals surface area contributed by atoms with Crippen molar-refractivity contribution in [1.82, 2.24) is 0 Å². The van der Waals surface area contributed by atoms with E-state index in [0.29, 0.717) is 0 Å². The first-order valence-electron chi connectivity index (χ1n) is 4.89. The van der Waals surface area contributed by atoms with Crippen molar-refractivity contribution in [3.63, 3.8) is 0 Å². The average Bonchev–Trinajstić information content (AvgIpc) is 2.71. The maximum Gasteiger partial charge on any atom is 0.273 e. The van der Waals surface area contributed by atoms with E-state index in [0.717, 1.165) is 6.07 Å². The van der Waals surface area contributed by atoms with E-state index < -0.39 is 16.1 Å². The van der Waals surface area contributed by atoms with Gasteiger partial charge in [-0.25, -0.2) is 4.21 Å². The van der Waals surface area contributed by atoms with E-state index in [2.05, 4.69) is 14.1 Å². The minimum atomic E-state index is -1.78. The molecule has 1 aliphatic heterocycles. The van der Waals surface area contributed by atoms with Crippen LogP contribution in [0.2, 0.25) is 0 Å². The van der Waals surface area contributed by atoms with E-state index in [1.54, 1.807) is 0 Å². The summed E-state index contributed by atoms with van der Waals surface area (Å²) >= 11 is -1.78. The number of nitrogens with zero attached hydrogens (tertiary/aromatic N) is 3. The van der Waals surface area contributed by atoms with Crippen LogP contribution in [0.5, 0.6) is 5.75 Å². The molecule has 0 aliphatic carbocycles. The number of aromatic hydroxyl groups is 1. The van der Waals surface area contributed by atoms with Crippen molar-refractivity contribution in [3.8, 4) is 5.75 Å². The molecular weight excluding hydrogens is 276 g/mol. The molecule has 100 valence electrons. The van der Waals surface area contributed by atoms with Crippen LogP contribution in [0.3, 0.4) is 0 Å². The van der Waals surface area contributed by atoms with Gasteiger partial charge in [-0.05, 0) is 6.07 Å². The van der Waals surface area contributed by atoms with Crippen LogP contribution >= 0.6 is 0 Å². The predicted octanol–water partition coefficient (Wildman–Crippen LogP) is 0.748. The number of nitro benzene ring substituents is 1. The lowest BCUT2D eigenvalue weighted by atomic mass is 10.2. The number of amidine groups is 1. The number of phenolic OH excluding ortho intramolecular Hbond substituents is 1. The Morgan fingerprint density at radius 2 is 2.21 bits per heavy atom. The zero-order valence-electron chi connectivity index (χ0n) is 9.56. The van der Waals surface area contributed by atoms with Gasteiger partial charge < -0.3 is 15.2 Å². The van der Waals surface area contributed by atoms with Crippen molar-refractivity contribution < 1.29 is 19.0 Å². The van der Waals surface area contributed by atoms with E-state index in [1.165, 1.54) is 19.2 Å². The second kappa shape index (κ2) is 5.02. The predicted molar refractivity (Wildman–Crippen MR) is 68.4 cm³/mol. The van der Waals surface area contributed by atoms with Gasteiger partial charge in [0.2, 0.25) is 5.84 Å². The first-order valence-corrected chi connectivity index (χ1v) is 5.96. The highest BCUT2D eigenvalue weighted by Crippen LogP contribution is 2.28. The van der Waals surface area contributed by atoms with E-state index in [9.17, 15) is 19.4 Å². The number of methoxy groups -OCH3 is 1. The highest BCUT2D eigenvalue weighted by atomic mass is 32.2. The number of phenols is 1. The number of nitro groups is 1. The fraction of sp³-hybridized carbons (Fsp3) is 0.111. The molecule has 10 heteroatoms. The quantitative estimate of drug-likeness (QED) is 0.468. The molecule has 1 aromatic rings. The van der Waals surface area contributed by atoms with Crippen LogP contribution in [0.1, 0.15) is 0 Å². The van der Waals surface area contributed by atoms with Gasteiger partial charge in [-0.1, -0.05) is 0 Å². The summed E-state index contributed by atoms with van der Waals surface area (Å²) in [5.41, 5.74) is -0.0892. The molecule has 0 amide bonds. The fourth-order valence-electron chi connectivity index (χ4n) is 1.33. The molecule has 1 aromatic carbocycles. The zero-order chi connectivity index (χ0) is 14.0. The summed E-state index contributed by atoms with van der Waals surface area (Å²) in [5, 5.41) is 22.8. The monoisotopic (exact) mass is 284 g/mol. The molecule has 2 rings (SSSR count). The normalized spacial score (nSPS) is 17.6. The number of anilines is 1. The third-order valence-corrected chi connectivity index (χ3v) is 2.83. The maximum absolute atomic E-state index is 11.1. The van der Waals surface area contributed by atoms with Gasteiger partial charge >= 0.3 is 0 Å². The molecule has 2 N–H and O–H groups in total.